The molecule has 47 heavy (non-hydrogen) atoms. The number of nitrogens with zero attached hydrogens (tertiary/aromatic N) is 8. The maximum atomic E-state index is 12.5. The number of carbonyl (C=O) groups excluding carboxylic acids is 3. The van der Waals surface area contributed by atoms with E-state index in [1.165, 1.54) is 0 Å². The molecular weight excluding hydrogens is 604 g/mol. The zero-order chi connectivity index (χ0) is 35.0. The second-order valence-corrected chi connectivity index (χ2v) is 14.2. The molecule has 0 N–H and O–H groups in total. The molecule has 254 valence electrons. The largest absolute Gasteiger partial charge is 0.459 e. The number of rotatable bonds is 12. The summed E-state index contributed by atoms with van der Waals surface area (Å²) in [6.07, 6.45) is 3.30. The van der Waals surface area contributed by atoms with Gasteiger partial charge in [0, 0.05) is 25.5 Å². The van der Waals surface area contributed by atoms with E-state index in [2.05, 4.69) is 30.4 Å². The Balaban J connectivity index is 1.63. The van der Waals surface area contributed by atoms with Crippen molar-refractivity contribution < 1.29 is 28.6 Å². The number of pyridine rings is 2. The van der Waals surface area contributed by atoms with Crippen LogP contribution in [0.3, 0.4) is 0 Å². The van der Waals surface area contributed by atoms with E-state index < -0.39 is 28.7 Å². The average Bonchev–Trinajstić information content (AvgIpc) is 2.90. The molecule has 0 radical (unpaired) electrons. The minimum atomic E-state index is -0.656. The van der Waals surface area contributed by atoms with Crippen LogP contribution in [0.25, 0.3) is 23.0 Å². The van der Waals surface area contributed by atoms with Crippen molar-refractivity contribution in [2.45, 2.75) is 92.2 Å². The number of likely N-dealkylation sites (N-methyl/N-ethyl adjacent to an activating group) is 1. The summed E-state index contributed by atoms with van der Waals surface area (Å²) in [6.45, 7) is 16.9. The Morgan fingerprint density at radius 3 is 1.28 bits per heavy atom. The molecule has 0 unspecified atom stereocenters. The maximum absolute atomic E-state index is 12.5. The molecule has 3 rings (SSSR count). The van der Waals surface area contributed by atoms with Gasteiger partial charge in [-0.2, -0.15) is 0 Å². The predicted octanol–water partition coefficient (Wildman–Crippen LogP) is 3.65. The second kappa shape index (κ2) is 15.4. The maximum Gasteiger partial charge on any atom is 0.320 e. The van der Waals surface area contributed by atoms with Gasteiger partial charge in [0.05, 0.1) is 19.6 Å². The number of esters is 3. The summed E-state index contributed by atoms with van der Waals surface area (Å²) in [4.78, 5) is 49.5. The fourth-order valence-corrected chi connectivity index (χ4v) is 4.24. The van der Waals surface area contributed by atoms with E-state index >= 15 is 0 Å². The van der Waals surface area contributed by atoms with E-state index in [1.807, 2.05) is 38.8 Å². The molecule has 0 bridgehead atoms. The second-order valence-electron chi connectivity index (χ2n) is 14.2. The van der Waals surface area contributed by atoms with Gasteiger partial charge in [-0.05, 0) is 92.6 Å². The van der Waals surface area contributed by atoms with E-state index in [9.17, 15) is 14.4 Å². The highest BCUT2D eigenvalue weighted by molar-refractivity contribution is 5.75. The highest BCUT2D eigenvalue weighted by Gasteiger charge is 2.24. The van der Waals surface area contributed by atoms with Gasteiger partial charge in [-0.15, -0.1) is 20.4 Å². The van der Waals surface area contributed by atoms with E-state index in [1.54, 1.807) is 77.0 Å². The molecule has 3 aromatic rings. The number of hydrogen-bond acceptors (Lipinski definition) is 14. The molecule has 0 aliphatic carbocycles. The summed E-state index contributed by atoms with van der Waals surface area (Å²) < 4.78 is 16.3. The predicted molar refractivity (Wildman–Crippen MR) is 173 cm³/mol. The van der Waals surface area contributed by atoms with Gasteiger partial charge in [-0.3, -0.25) is 34.2 Å². The number of ether oxygens (including phenoxy) is 3. The summed E-state index contributed by atoms with van der Waals surface area (Å²) in [5.41, 5.74) is 0.745. The first-order valence-corrected chi connectivity index (χ1v) is 15.3. The molecule has 0 aliphatic heterocycles. The summed E-state index contributed by atoms with van der Waals surface area (Å²) >= 11 is 0. The number of aromatic nitrogens is 6. The topological polar surface area (TPSA) is 163 Å². The molecule has 0 aliphatic rings. The smallest absolute Gasteiger partial charge is 0.320 e. The van der Waals surface area contributed by atoms with Gasteiger partial charge in [0.2, 0.25) is 11.6 Å². The van der Waals surface area contributed by atoms with E-state index in [0.717, 1.165) is 11.1 Å². The molecule has 0 atom stereocenters. The van der Waals surface area contributed by atoms with Crippen LogP contribution in [0.15, 0.2) is 36.7 Å². The monoisotopic (exact) mass is 650 g/mol. The quantitative estimate of drug-likeness (QED) is 0.206. The lowest BCUT2D eigenvalue weighted by atomic mass is 10.2. The zero-order valence-corrected chi connectivity index (χ0v) is 29.0. The third-order valence-corrected chi connectivity index (χ3v) is 5.81. The Labute approximate surface area is 276 Å². The number of hydrogen-bond donors (Lipinski definition) is 0. The Morgan fingerprint density at radius 1 is 0.574 bits per heavy atom. The van der Waals surface area contributed by atoms with Crippen LogP contribution >= 0.6 is 0 Å². The van der Waals surface area contributed by atoms with Gasteiger partial charge in [0.1, 0.15) is 28.2 Å². The third-order valence-electron chi connectivity index (χ3n) is 5.81. The van der Waals surface area contributed by atoms with Crippen molar-refractivity contribution in [3.63, 3.8) is 0 Å². The Hall–Kier alpha value is -4.43. The molecule has 0 fully saturated rings. The highest BCUT2D eigenvalue weighted by Crippen LogP contribution is 2.17. The Morgan fingerprint density at radius 2 is 0.936 bits per heavy atom. The van der Waals surface area contributed by atoms with Crippen molar-refractivity contribution in [2.75, 3.05) is 26.7 Å². The minimum Gasteiger partial charge on any atom is -0.459 e. The Kier molecular flexibility index (Phi) is 12.2. The van der Waals surface area contributed by atoms with Crippen molar-refractivity contribution in [3.8, 4) is 23.0 Å². The normalized spacial score (nSPS) is 12.3. The van der Waals surface area contributed by atoms with Crippen molar-refractivity contribution in [1.29, 1.82) is 0 Å². The van der Waals surface area contributed by atoms with Crippen molar-refractivity contribution in [2.24, 2.45) is 0 Å². The molecule has 3 aromatic heterocycles. The number of carbonyl (C=O) groups is 3. The Bertz CT molecular complexity index is 1460. The van der Waals surface area contributed by atoms with Crippen molar-refractivity contribution >= 4 is 17.9 Å². The first kappa shape index (κ1) is 37.0. The summed E-state index contributed by atoms with van der Waals surface area (Å²) in [5, 5.41) is 16.7. The SMILES string of the molecule is CN(CC(=O)OC(C)(C)C)Cc1ccc(-c2nnc(-c3ccc(CN(CC(=O)OC(C)(C)C)CC(=O)OC(C)(C)C)cn3)nn2)nc1. The van der Waals surface area contributed by atoms with Gasteiger partial charge in [-0.1, -0.05) is 12.1 Å². The minimum absolute atomic E-state index is 0.103. The first-order valence-electron chi connectivity index (χ1n) is 15.3. The van der Waals surface area contributed by atoms with Crippen LogP contribution in [0.1, 0.15) is 73.4 Å². The van der Waals surface area contributed by atoms with E-state index in [-0.39, 0.29) is 43.8 Å². The molecule has 0 saturated heterocycles. The van der Waals surface area contributed by atoms with E-state index in [0.29, 0.717) is 17.9 Å². The van der Waals surface area contributed by atoms with Crippen LogP contribution in [0.4, 0.5) is 0 Å². The molecule has 0 saturated carbocycles. The van der Waals surface area contributed by atoms with Crippen LogP contribution in [-0.2, 0) is 41.7 Å². The summed E-state index contributed by atoms with van der Waals surface area (Å²) in [6, 6.07) is 7.16. The molecule has 14 nitrogen and oxygen atoms in total. The first-order chi connectivity index (χ1) is 21.7. The molecule has 0 spiro atoms. The lowest BCUT2D eigenvalue weighted by Crippen LogP contribution is -2.39. The standard InChI is InChI=1S/C33H46N8O6/c1-31(2,3)45-26(42)19-40(10)17-22-11-13-24(34-15-22)29-36-38-30(39-37-29)25-14-12-23(16-35-25)18-41(20-27(43)46-32(4,5)6)21-28(44)47-33(7,8)9/h11-16H,17-21H2,1-10H3. The highest BCUT2D eigenvalue weighted by atomic mass is 16.6. The van der Waals surface area contributed by atoms with Gasteiger partial charge >= 0.3 is 17.9 Å². The molecule has 0 amide bonds. The van der Waals surface area contributed by atoms with Gasteiger partial charge in [-0.25, -0.2) is 0 Å². The molecule has 0 aromatic carbocycles. The van der Waals surface area contributed by atoms with Gasteiger partial charge in [0.15, 0.2) is 0 Å². The van der Waals surface area contributed by atoms with E-state index in [4.69, 9.17) is 14.2 Å². The van der Waals surface area contributed by atoms with Gasteiger partial charge in [0.25, 0.3) is 0 Å². The van der Waals surface area contributed by atoms with Gasteiger partial charge < -0.3 is 14.2 Å². The van der Waals surface area contributed by atoms with Crippen LogP contribution in [0, 0.1) is 0 Å². The third kappa shape index (κ3) is 13.8. The summed E-state index contributed by atoms with van der Waals surface area (Å²) in [5.74, 6) is -0.728. The van der Waals surface area contributed by atoms with Crippen LogP contribution in [-0.4, -0.2) is 102 Å². The lowest BCUT2D eigenvalue weighted by molar-refractivity contribution is -0.160. The van der Waals surface area contributed by atoms with Crippen LogP contribution in [0.2, 0.25) is 0 Å². The molecular formula is C33H46N8O6. The molecule has 3 heterocycles. The average molecular weight is 651 g/mol. The molecule has 14 heteroatoms. The van der Waals surface area contributed by atoms with Crippen molar-refractivity contribution in [3.05, 3.63) is 47.8 Å². The lowest BCUT2D eigenvalue weighted by Gasteiger charge is -2.26. The van der Waals surface area contributed by atoms with Crippen LogP contribution < -0.4 is 0 Å². The van der Waals surface area contributed by atoms with Crippen molar-refractivity contribution in [1.82, 2.24) is 40.2 Å². The fourth-order valence-electron chi connectivity index (χ4n) is 4.24. The summed E-state index contributed by atoms with van der Waals surface area (Å²) in [7, 11) is 1.83. The zero-order valence-electron chi connectivity index (χ0n) is 29.0. The fraction of sp³-hybridized carbons (Fsp3) is 0.545. The van der Waals surface area contributed by atoms with Crippen LogP contribution in [0.5, 0.6) is 0 Å².